The van der Waals surface area contributed by atoms with Crippen LogP contribution >= 0.6 is 0 Å². The van der Waals surface area contributed by atoms with Gasteiger partial charge in [-0.15, -0.1) is 0 Å². The van der Waals surface area contributed by atoms with Crippen LogP contribution in [0.4, 0.5) is 10.5 Å². The molecule has 5 heteroatoms. The lowest BCUT2D eigenvalue weighted by Gasteiger charge is -2.14. The van der Waals surface area contributed by atoms with E-state index in [4.69, 9.17) is 15.2 Å². The molecule has 0 saturated carbocycles. The standard InChI is InChI=1S/C12H18N2O3/c1-14(12(13)15)10-4-6-11(7-5-10)17-9-3-8-16-2/h4-7H,3,8-9H2,1-2H3,(H2,13,15). The number of amides is 2. The first-order valence-electron chi connectivity index (χ1n) is 5.40. The third-order valence-electron chi connectivity index (χ3n) is 2.32. The van der Waals surface area contributed by atoms with E-state index in [0.29, 0.717) is 13.2 Å². The lowest BCUT2D eigenvalue weighted by atomic mass is 10.3. The number of benzene rings is 1. The fourth-order valence-electron chi connectivity index (χ4n) is 1.29. The maximum atomic E-state index is 10.9. The van der Waals surface area contributed by atoms with Crippen LogP contribution in [0.25, 0.3) is 0 Å². The van der Waals surface area contributed by atoms with E-state index >= 15 is 0 Å². The molecule has 0 radical (unpaired) electrons. The summed E-state index contributed by atoms with van der Waals surface area (Å²) in [6, 6.07) is 6.70. The second-order valence-corrected chi connectivity index (χ2v) is 3.59. The van der Waals surface area contributed by atoms with Gasteiger partial charge in [-0.2, -0.15) is 0 Å². The summed E-state index contributed by atoms with van der Waals surface area (Å²) in [5.41, 5.74) is 5.90. The number of carbonyl (C=O) groups is 1. The molecule has 0 heterocycles. The van der Waals surface area contributed by atoms with Crippen LogP contribution in [0.5, 0.6) is 5.75 Å². The van der Waals surface area contributed by atoms with Gasteiger partial charge in [0.25, 0.3) is 0 Å². The maximum absolute atomic E-state index is 10.9. The molecule has 0 aliphatic heterocycles. The van der Waals surface area contributed by atoms with E-state index in [1.54, 1.807) is 26.3 Å². The third kappa shape index (κ3) is 4.32. The lowest BCUT2D eigenvalue weighted by molar-refractivity contribution is 0.172. The summed E-state index contributed by atoms with van der Waals surface area (Å²) in [7, 11) is 3.28. The van der Waals surface area contributed by atoms with Crippen LogP contribution in [0.3, 0.4) is 0 Å². The van der Waals surface area contributed by atoms with Gasteiger partial charge in [0.1, 0.15) is 5.75 Å². The Labute approximate surface area is 101 Å². The van der Waals surface area contributed by atoms with Gasteiger partial charge in [-0.05, 0) is 24.3 Å². The molecule has 5 nitrogen and oxygen atoms in total. The Kier molecular flexibility index (Phi) is 5.29. The SMILES string of the molecule is COCCCOc1ccc(N(C)C(N)=O)cc1. The fraction of sp³-hybridized carbons (Fsp3) is 0.417. The summed E-state index contributed by atoms with van der Waals surface area (Å²) >= 11 is 0. The second-order valence-electron chi connectivity index (χ2n) is 3.59. The highest BCUT2D eigenvalue weighted by Crippen LogP contribution is 2.18. The molecule has 2 amide bonds. The summed E-state index contributed by atoms with van der Waals surface area (Å²) < 4.78 is 10.4. The molecular weight excluding hydrogens is 220 g/mol. The van der Waals surface area contributed by atoms with Crippen molar-refractivity contribution in [3.8, 4) is 5.75 Å². The number of primary amides is 1. The van der Waals surface area contributed by atoms with Gasteiger partial charge in [-0.25, -0.2) is 4.79 Å². The highest BCUT2D eigenvalue weighted by atomic mass is 16.5. The Bertz CT molecular complexity index is 351. The summed E-state index contributed by atoms with van der Waals surface area (Å²) in [6.45, 7) is 1.29. The van der Waals surface area contributed by atoms with Gasteiger partial charge in [0.15, 0.2) is 0 Å². The Morgan fingerprint density at radius 1 is 1.29 bits per heavy atom. The Balaban J connectivity index is 2.47. The molecule has 0 bridgehead atoms. The van der Waals surface area contributed by atoms with Crippen molar-refractivity contribution in [3.63, 3.8) is 0 Å². The molecule has 17 heavy (non-hydrogen) atoms. The molecule has 1 aromatic rings. The number of carbonyl (C=O) groups excluding carboxylic acids is 1. The van der Waals surface area contributed by atoms with Gasteiger partial charge in [0.05, 0.1) is 6.61 Å². The number of urea groups is 1. The molecule has 0 unspecified atom stereocenters. The smallest absolute Gasteiger partial charge is 0.318 e. The van der Waals surface area contributed by atoms with Gasteiger partial charge in [-0.1, -0.05) is 0 Å². The first kappa shape index (κ1) is 13.3. The maximum Gasteiger partial charge on any atom is 0.318 e. The monoisotopic (exact) mass is 238 g/mol. The molecule has 0 aromatic heterocycles. The molecular formula is C12H18N2O3. The molecule has 0 atom stereocenters. The van der Waals surface area contributed by atoms with Crippen LogP contribution in [-0.2, 0) is 4.74 Å². The summed E-state index contributed by atoms with van der Waals surface area (Å²) in [4.78, 5) is 12.3. The summed E-state index contributed by atoms with van der Waals surface area (Å²) in [5.74, 6) is 0.766. The molecule has 0 fully saturated rings. The van der Waals surface area contributed by atoms with Crippen LogP contribution in [-0.4, -0.2) is 33.4 Å². The van der Waals surface area contributed by atoms with Crippen LogP contribution in [0.1, 0.15) is 6.42 Å². The number of methoxy groups -OCH3 is 1. The predicted octanol–water partition coefficient (Wildman–Crippen LogP) is 1.62. The van der Waals surface area contributed by atoms with Crippen molar-refractivity contribution < 1.29 is 14.3 Å². The molecule has 2 N–H and O–H groups in total. The second kappa shape index (κ2) is 6.75. The van der Waals surface area contributed by atoms with E-state index in [0.717, 1.165) is 17.9 Å². The first-order chi connectivity index (χ1) is 8.15. The topological polar surface area (TPSA) is 64.8 Å². The van der Waals surface area contributed by atoms with Crippen molar-refractivity contribution in [3.05, 3.63) is 24.3 Å². The first-order valence-corrected chi connectivity index (χ1v) is 5.40. The van der Waals surface area contributed by atoms with Gasteiger partial charge < -0.3 is 15.2 Å². The van der Waals surface area contributed by atoms with E-state index in [1.165, 1.54) is 4.90 Å². The molecule has 0 spiro atoms. The minimum absolute atomic E-state index is 0.487. The quantitative estimate of drug-likeness (QED) is 0.766. The largest absolute Gasteiger partial charge is 0.494 e. The number of ether oxygens (including phenoxy) is 2. The Morgan fingerprint density at radius 3 is 2.47 bits per heavy atom. The van der Waals surface area contributed by atoms with Crippen molar-refractivity contribution in [1.29, 1.82) is 0 Å². The fourth-order valence-corrected chi connectivity index (χ4v) is 1.29. The van der Waals surface area contributed by atoms with Crippen LogP contribution < -0.4 is 15.4 Å². The van der Waals surface area contributed by atoms with Gasteiger partial charge in [-0.3, -0.25) is 4.90 Å². The van der Waals surface area contributed by atoms with Crippen molar-refractivity contribution in [2.45, 2.75) is 6.42 Å². The zero-order chi connectivity index (χ0) is 12.7. The van der Waals surface area contributed by atoms with E-state index in [9.17, 15) is 4.79 Å². The summed E-state index contributed by atoms with van der Waals surface area (Å²) in [5, 5.41) is 0. The van der Waals surface area contributed by atoms with Crippen LogP contribution in [0.15, 0.2) is 24.3 Å². The Morgan fingerprint density at radius 2 is 1.94 bits per heavy atom. The van der Waals surface area contributed by atoms with E-state index < -0.39 is 6.03 Å². The van der Waals surface area contributed by atoms with Crippen LogP contribution in [0.2, 0.25) is 0 Å². The Hall–Kier alpha value is -1.75. The molecule has 94 valence electrons. The highest BCUT2D eigenvalue weighted by Gasteiger charge is 2.05. The highest BCUT2D eigenvalue weighted by molar-refractivity contribution is 5.89. The molecule has 0 aliphatic carbocycles. The number of hydrogen-bond acceptors (Lipinski definition) is 3. The summed E-state index contributed by atoms with van der Waals surface area (Å²) in [6.07, 6.45) is 0.847. The number of rotatable bonds is 6. The molecule has 1 aromatic carbocycles. The van der Waals surface area contributed by atoms with E-state index in [1.807, 2.05) is 12.1 Å². The third-order valence-corrected chi connectivity index (χ3v) is 2.32. The van der Waals surface area contributed by atoms with Crippen molar-refractivity contribution in [1.82, 2.24) is 0 Å². The molecule has 0 saturated heterocycles. The van der Waals surface area contributed by atoms with Crippen molar-refractivity contribution in [2.75, 3.05) is 32.3 Å². The zero-order valence-corrected chi connectivity index (χ0v) is 10.2. The molecule has 1 rings (SSSR count). The predicted molar refractivity (Wildman–Crippen MR) is 66.4 cm³/mol. The molecule has 0 aliphatic rings. The van der Waals surface area contributed by atoms with Crippen molar-refractivity contribution in [2.24, 2.45) is 5.73 Å². The van der Waals surface area contributed by atoms with E-state index in [2.05, 4.69) is 0 Å². The zero-order valence-electron chi connectivity index (χ0n) is 10.2. The minimum Gasteiger partial charge on any atom is -0.494 e. The number of nitrogens with zero attached hydrogens (tertiary/aromatic N) is 1. The lowest BCUT2D eigenvalue weighted by Crippen LogP contribution is -2.31. The van der Waals surface area contributed by atoms with Crippen molar-refractivity contribution >= 4 is 11.7 Å². The average Bonchev–Trinajstić information content (AvgIpc) is 2.34. The number of hydrogen-bond donors (Lipinski definition) is 1. The normalized spacial score (nSPS) is 10.0. The number of anilines is 1. The minimum atomic E-state index is -0.487. The number of nitrogens with two attached hydrogens (primary N) is 1. The van der Waals surface area contributed by atoms with Gasteiger partial charge in [0.2, 0.25) is 0 Å². The van der Waals surface area contributed by atoms with E-state index in [-0.39, 0.29) is 0 Å². The van der Waals surface area contributed by atoms with Gasteiger partial charge in [0, 0.05) is 32.9 Å². The van der Waals surface area contributed by atoms with Crippen LogP contribution in [0, 0.1) is 0 Å². The average molecular weight is 238 g/mol. The van der Waals surface area contributed by atoms with Gasteiger partial charge >= 0.3 is 6.03 Å².